The van der Waals surface area contributed by atoms with Crippen molar-refractivity contribution in [2.45, 2.75) is 165 Å². The number of phenols is 2. The van der Waals surface area contributed by atoms with Gasteiger partial charge in [-0.25, -0.2) is 4.79 Å². The molecule has 10 atom stereocenters. The van der Waals surface area contributed by atoms with E-state index in [9.17, 15) is 44.1 Å². The largest absolute Gasteiger partial charge is 0.508 e. The fourth-order valence-corrected chi connectivity index (χ4v) is 14.1. The van der Waals surface area contributed by atoms with E-state index in [0.717, 1.165) is 32.7 Å². The molecule has 10 amide bonds. The number of unbranched alkanes of at least 4 members (excludes halogenated alkanes) is 1. The summed E-state index contributed by atoms with van der Waals surface area (Å²) in [6.07, 6.45) is 8.30. The van der Waals surface area contributed by atoms with Gasteiger partial charge in [0.2, 0.25) is 59.6 Å². The molecular formula is C79H98N14O14S. The van der Waals surface area contributed by atoms with E-state index in [1.54, 1.807) is 56.7 Å². The first-order chi connectivity index (χ1) is 51.9. The number of phenolic OH excluding ortho intramolecular Hbond substituents is 2. The SMILES string of the molecule is CSCC[C@H](NC=O)C(=O)N[C@@H](Cc1ccc(O)cc1)C(=O)N[C@@H](CCCCN)C(=O)N[C@@H](Cc1c[nH]c2ccccc12)C(=O)N1CCC[C@H]1C(=O)N[C@@H](Cc1c[nH]c2ccccc12)C(=O)N[C@@H](Cc1ccc(O)cc1)C(=O)N[C@H](C(=O)N[C@@H](Cc1c[nH]c2ccccc12)C(=O)N[C@@H](CC(C)C)C(=O)O)C(C)C. The number of aromatic nitrogens is 3. The molecule has 1 aliphatic heterocycles. The molecule has 0 saturated carbocycles. The van der Waals surface area contributed by atoms with E-state index in [1.165, 1.54) is 40.9 Å². The smallest absolute Gasteiger partial charge is 0.326 e. The zero-order valence-corrected chi connectivity index (χ0v) is 62.0. The molecule has 1 saturated heterocycles. The van der Waals surface area contributed by atoms with Gasteiger partial charge >= 0.3 is 5.97 Å². The topological polar surface area (TPSA) is 433 Å². The van der Waals surface area contributed by atoms with Crippen LogP contribution in [-0.2, 0) is 84.8 Å². The Balaban J connectivity index is 0.994. The van der Waals surface area contributed by atoms with Crippen LogP contribution in [0, 0.1) is 11.8 Å². The molecule has 9 rings (SSSR count). The van der Waals surface area contributed by atoms with E-state index < -0.39 is 125 Å². The number of benzene rings is 5. The van der Waals surface area contributed by atoms with Crippen molar-refractivity contribution in [2.75, 3.05) is 25.1 Å². The second-order valence-corrected chi connectivity index (χ2v) is 29.1. The second kappa shape index (κ2) is 38.9. The highest BCUT2D eigenvalue weighted by molar-refractivity contribution is 7.98. The number of thioether (sulfide) groups is 1. The number of fused-ring (bicyclic) bond motifs is 3. The minimum absolute atomic E-state index is 0.0362. The molecule has 5 aromatic carbocycles. The van der Waals surface area contributed by atoms with Crippen LogP contribution in [0.3, 0.4) is 0 Å². The molecule has 574 valence electrons. The monoisotopic (exact) mass is 1500 g/mol. The lowest BCUT2D eigenvalue weighted by Gasteiger charge is -2.31. The molecule has 108 heavy (non-hydrogen) atoms. The highest BCUT2D eigenvalue weighted by atomic mass is 32.2. The van der Waals surface area contributed by atoms with Gasteiger partial charge in [0.1, 0.15) is 71.9 Å². The summed E-state index contributed by atoms with van der Waals surface area (Å²) < 4.78 is 0. The highest BCUT2D eigenvalue weighted by Gasteiger charge is 2.42. The summed E-state index contributed by atoms with van der Waals surface area (Å²) in [5.74, 6) is -8.51. The number of carbonyl (C=O) groups is 11. The molecule has 0 spiro atoms. The summed E-state index contributed by atoms with van der Waals surface area (Å²) in [5, 5.41) is 57.9. The Bertz CT molecular complexity index is 4440. The Morgan fingerprint density at radius 3 is 1.39 bits per heavy atom. The number of carboxylic acids is 1. The van der Waals surface area contributed by atoms with Crippen LogP contribution in [0.25, 0.3) is 32.7 Å². The van der Waals surface area contributed by atoms with Gasteiger partial charge in [-0.15, -0.1) is 0 Å². The fourth-order valence-electron chi connectivity index (χ4n) is 13.6. The van der Waals surface area contributed by atoms with Crippen molar-refractivity contribution in [3.05, 3.63) is 168 Å². The number of aromatic amines is 3. The summed E-state index contributed by atoms with van der Waals surface area (Å²) in [6.45, 7) is 7.26. The van der Waals surface area contributed by atoms with Crippen molar-refractivity contribution in [3.8, 4) is 11.5 Å². The number of para-hydroxylation sites is 3. The first-order valence-electron chi connectivity index (χ1n) is 36.5. The first kappa shape index (κ1) is 80.9. The third-order valence-corrected chi connectivity index (χ3v) is 20.0. The van der Waals surface area contributed by atoms with Crippen molar-refractivity contribution in [3.63, 3.8) is 0 Å². The van der Waals surface area contributed by atoms with E-state index in [4.69, 9.17) is 5.73 Å². The van der Waals surface area contributed by atoms with E-state index in [2.05, 4.69) is 62.8 Å². The summed E-state index contributed by atoms with van der Waals surface area (Å²) >= 11 is 1.45. The predicted molar refractivity (Wildman–Crippen MR) is 411 cm³/mol. The number of amides is 10. The number of likely N-dealkylation sites (tertiary alicyclic amines) is 1. The lowest BCUT2D eigenvalue weighted by atomic mass is 9.98. The summed E-state index contributed by atoms with van der Waals surface area (Å²) in [5.41, 5.74) is 11.0. The average molecular weight is 1500 g/mol. The molecule has 28 nitrogen and oxygen atoms in total. The molecule has 1 fully saturated rings. The number of carboxylic acid groups (broad SMARTS) is 1. The summed E-state index contributed by atoms with van der Waals surface area (Å²) in [7, 11) is 0. The number of hydrogen-bond donors (Lipinski definition) is 16. The lowest BCUT2D eigenvalue weighted by molar-refractivity contribution is -0.143. The van der Waals surface area contributed by atoms with Crippen LogP contribution < -0.4 is 53.6 Å². The third-order valence-electron chi connectivity index (χ3n) is 19.4. The van der Waals surface area contributed by atoms with Gasteiger partial charge in [0, 0.05) is 89.9 Å². The minimum atomic E-state index is -1.49. The summed E-state index contributed by atoms with van der Waals surface area (Å²) in [6, 6.07) is 20.7. The van der Waals surface area contributed by atoms with E-state index >= 15 is 24.0 Å². The fraction of sp³-hybridized carbons (Fsp3) is 0.405. The number of nitrogens with zero attached hydrogens (tertiary/aromatic N) is 1. The maximum absolute atomic E-state index is 15.7. The zero-order chi connectivity index (χ0) is 77.6. The molecule has 8 aromatic rings. The number of H-pyrrole nitrogens is 3. The van der Waals surface area contributed by atoms with Crippen LogP contribution in [0.1, 0.15) is 100 Å². The summed E-state index contributed by atoms with van der Waals surface area (Å²) in [4.78, 5) is 170. The van der Waals surface area contributed by atoms with Crippen molar-refractivity contribution >= 4 is 110 Å². The molecular weight excluding hydrogens is 1400 g/mol. The van der Waals surface area contributed by atoms with Crippen molar-refractivity contribution < 1.29 is 68.1 Å². The van der Waals surface area contributed by atoms with E-state index in [-0.39, 0.29) is 88.3 Å². The van der Waals surface area contributed by atoms with Gasteiger partial charge in [-0.1, -0.05) is 107 Å². The van der Waals surface area contributed by atoms with Crippen LogP contribution in [0.4, 0.5) is 0 Å². The zero-order valence-electron chi connectivity index (χ0n) is 61.2. The quantitative estimate of drug-likeness (QED) is 0.0183. The van der Waals surface area contributed by atoms with Crippen LogP contribution in [0.2, 0.25) is 0 Å². The Hall–Kier alpha value is -11.2. The van der Waals surface area contributed by atoms with Gasteiger partial charge in [0.05, 0.1) is 0 Å². The van der Waals surface area contributed by atoms with E-state index in [0.29, 0.717) is 59.2 Å². The van der Waals surface area contributed by atoms with Crippen LogP contribution in [0.5, 0.6) is 11.5 Å². The predicted octanol–water partition coefficient (Wildman–Crippen LogP) is 4.71. The van der Waals surface area contributed by atoms with Crippen molar-refractivity contribution in [2.24, 2.45) is 17.6 Å². The Morgan fingerprint density at radius 1 is 0.509 bits per heavy atom. The van der Waals surface area contributed by atoms with Gasteiger partial charge in [0.15, 0.2) is 0 Å². The van der Waals surface area contributed by atoms with Gasteiger partial charge in [0.25, 0.3) is 0 Å². The third kappa shape index (κ3) is 22.0. The maximum atomic E-state index is 15.7. The number of aliphatic carboxylic acids is 1. The molecule has 0 aliphatic carbocycles. The molecule has 29 heteroatoms. The van der Waals surface area contributed by atoms with Crippen LogP contribution in [-0.4, -0.2) is 186 Å². The molecule has 3 aromatic heterocycles. The number of rotatable bonds is 40. The van der Waals surface area contributed by atoms with Crippen LogP contribution in [0.15, 0.2) is 140 Å². The number of aromatic hydroxyl groups is 2. The number of carbonyl (C=O) groups excluding carboxylic acids is 10. The van der Waals surface area contributed by atoms with Crippen molar-refractivity contribution in [1.82, 2.24) is 67.7 Å². The first-order valence-corrected chi connectivity index (χ1v) is 37.9. The molecule has 0 bridgehead atoms. The highest BCUT2D eigenvalue weighted by Crippen LogP contribution is 2.27. The second-order valence-electron chi connectivity index (χ2n) is 28.2. The normalized spacial score (nSPS) is 15.4. The Kier molecular flexibility index (Phi) is 29.1. The Labute approximate surface area is 629 Å². The number of nitrogens with one attached hydrogen (secondary N) is 12. The molecule has 1 aliphatic rings. The van der Waals surface area contributed by atoms with Gasteiger partial charge < -0.3 is 88.8 Å². The molecule has 17 N–H and O–H groups in total. The minimum Gasteiger partial charge on any atom is -0.508 e. The maximum Gasteiger partial charge on any atom is 0.326 e. The van der Waals surface area contributed by atoms with Gasteiger partial charge in [-0.2, -0.15) is 11.8 Å². The molecule has 4 heterocycles. The van der Waals surface area contributed by atoms with Gasteiger partial charge in [-0.3, -0.25) is 47.9 Å². The number of hydrogen-bond acceptors (Lipinski definition) is 15. The Morgan fingerprint density at radius 2 is 0.926 bits per heavy atom. The lowest BCUT2D eigenvalue weighted by Crippen LogP contribution is -2.61. The standard InChI is InChI=1S/C79H98N14O14S/c1-45(2)35-67(79(106)107)91-74(101)65(39-50-42-82-58-19-10-7-16-55(50)58)89-77(104)69(46(3)4)92-75(102)63(37-48-25-29-53(96)30-26-48)87-73(100)64(38-49-41-81-57-18-9-6-15-54(49)57)88-76(103)68-22-14-33-93(68)78(105)66(40-51-43-83-59-20-11-8-17-56(51)59)90-71(98)61(21-12-13-32-80)85-72(99)62(36-47-23-27-52(95)28-24-47)86-70(97)60(84-44-94)31-34-108-5/h6-11,15-20,23-30,41-46,60-69,81-83,95-96H,12-14,21-22,31-40,80H2,1-5H3,(H,84,94)(H,85,99)(H,86,97)(H,87,100)(H,88,103)(H,89,104)(H,90,98)(H,91,101)(H,92,102)(H,106,107)/t60-,61-,62-,63-,64-,65-,66-,67-,68-,69-/m0/s1. The average Bonchev–Trinajstić information content (AvgIpc) is 1.61. The van der Waals surface area contributed by atoms with Gasteiger partial charge in [-0.05, 0) is 146 Å². The molecule has 0 radical (unpaired) electrons. The van der Waals surface area contributed by atoms with Crippen molar-refractivity contribution in [1.29, 1.82) is 0 Å². The molecule has 0 unspecified atom stereocenters. The van der Waals surface area contributed by atoms with E-state index in [1.807, 2.05) is 92.9 Å². The number of nitrogens with two attached hydrogens (primary N) is 1. The van der Waals surface area contributed by atoms with Crippen LogP contribution >= 0.6 is 11.8 Å².